The predicted molar refractivity (Wildman–Crippen MR) is 86.9 cm³/mol. The fraction of sp³-hybridized carbons (Fsp3) is 0.611. The molecule has 1 N–H and O–H groups in total. The Kier molecular flexibility index (Phi) is 14.7. The maximum Gasteiger partial charge on any atom is 0.303 e. The Morgan fingerprint density at radius 1 is 0.800 bits per heavy atom. The Labute approximate surface area is 124 Å². The molecule has 0 radical (unpaired) electrons. The molecular weight excluding hydrogens is 248 g/mol. The molecule has 114 valence electrons. The largest absolute Gasteiger partial charge is 0.481 e. The van der Waals surface area contributed by atoms with Crippen LogP contribution in [0.5, 0.6) is 0 Å². The Hall–Kier alpha value is -1.31. The monoisotopic (exact) mass is 278 g/mol. The van der Waals surface area contributed by atoms with E-state index in [-0.39, 0.29) is 6.42 Å². The van der Waals surface area contributed by atoms with E-state index in [1.54, 1.807) is 0 Å². The van der Waals surface area contributed by atoms with E-state index in [9.17, 15) is 4.79 Å². The Morgan fingerprint density at radius 2 is 1.30 bits per heavy atom. The SMILES string of the molecule is CCCC/C=C/CCCC/C=C/C/C=C/CCC(=O)O. The highest BCUT2D eigenvalue weighted by Crippen LogP contribution is 2.04. The molecule has 0 bridgehead atoms. The first kappa shape index (κ1) is 18.7. The van der Waals surface area contributed by atoms with Gasteiger partial charge in [-0.05, 0) is 44.9 Å². The van der Waals surface area contributed by atoms with Gasteiger partial charge >= 0.3 is 5.97 Å². The van der Waals surface area contributed by atoms with Gasteiger partial charge in [-0.2, -0.15) is 0 Å². The van der Waals surface area contributed by atoms with E-state index < -0.39 is 5.97 Å². The molecule has 20 heavy (non-hydrogen) atoms. The van der Waals surface area contributed by atoms with Crippen LogP contribution in [0.2, 0.25) is 0 Å². The van der Waals surface area contributed by atoms with Gasteiger partial charge in [-0.1, -0.05) is 56.2 Å². The maximum atomic E-state index is 10.3. The lowest BCUT2D eigenvalue weighted by Gasteiger charge is -1.93. The summed E-state index contributed by atoms with van der Waals surface area (Å²) < 4.78 is 0. The molecule has 0 aliphatic carbocycles. The van der Waals surface area contributed by atoms with Gasteiger partial charge in [0.05, 0.1) is 0 Å². The van der Waals surface area contributed by atoms with Crippen LogP contribution in [0.3, 0.4) is 0 Å². The van der Waals surface area contributed by atoms with E-state index in [0.29, 0.717) is 6.42 Å². The minimum atomic E-state index is -0.728. The van der Waals surface area contributed by atoms with E-state index in [1.807, 2.05) is 12.2 Å². The van der Waals surface area contributed by atoms with Crippen molar-refractivity contribution in [1.82, 2.24) is 0 Å². The van der Waals surface area contributed by atoms with Gasteiger partial charge in [0, 0.05) is 6.42 Å². The van der Waals surface area contributed by atoms with Crippen LogP contribution in [0.25, 0.3) is 0 Å². The van der Waals surface area contributed by atoms with Crippen LogP contribution < -0.4 is 0 Å². The van der Waals surface area contributed by atoms with Gasteiger partial charge in [0.2, 0.25) is 0 Å². The number of carboxylic acid groups (broad SMARTS) is 1. The van der Waals surface area contributed by atoms with E-state index >= 15 is 0 Å². The standard InChI is InChI=1S/C18H30O2/c1-2-3-4-5-6-7-8-9-10-11-12-13-14-15-16-17-18(19)20/h5-6,11-12,14-15H,2-4,7-10,13,16-17H2,1H3,(H,19,20)/b6-5+,12-11+,15-14+. The van der Waals surface area contributed by atoms with Crippen molar-refractivity contribution in [3.8, 4) is 0 Å². The van der Waals surface area contributed by atoms with Gasteiger partial charge in [0.25, 0.3) is 0 Å². The molecule has 0 saturated carbocycles. The van der Waals surface area contributed by atoms with E-state index in [4.69, 9.17) is 5.11 Å². The zero-order chi connectivity index (χ0) is 14.9. The molecule has 0 saturated heterocycles. The molecule has 0 amide bonds. The van der Waals surface area contributed by atoms with Crippen LogP contribution in [0, 0.1) is 0 Å². The second-order valence-corrected chi connectivity index (χ2v) is 5.01. The van der Waals surface area contributed by atoms with Crippen molar-refractivity contribution in [3.05, 3.63) is 36.5 Å². The topological polar surface area (TPSA) is 37.3 Å². The molecule has 0 rings (SSSR count). The fourth-order valence-corrected chi connectivity index (χ4v) is 1.80. The average Bonchev–Trinajstić information content (AvgIpc) is 2.43. The summed E-state index contributed by atoms with van der Waals surface area (Å²) in [6.45, 7) is 2.22. The van der Waals surface area contributed by atoms with Gasteiger partial charge in [-0.15, -0.1) is 0 Å². The lowest BCUT2D eigenvalue weighted by atomic mass is 10.1. The molecule has 0 atom stereocenters. The lowest BCUT2D eigenvalue weighted by molar-refractivity contribution is -0.136. The summed E-state index contributed by atoms with van der Waals surface area (Å²) in [6, 6.07) is 0. The van der Waals surface area contributed by atoms with E-state index in [0.717, 1.165) is 12.8 Å². The van der Waals surface area contributed by atoms with Crippen LogP contribution in [0.15, 0.2) is 36.5 Å². The Bertz CT molecular complexity index is 301. The number of hydrogen-bond acceptors (Lipinski definition) is 1. The molecule has 0 aromatic heterocycles. The summed E-state index contributed by atoms with van der Waals surface area (Å²) in [5, 5.41) is 8.46. The van der Waals surface area contributed by atoms with Crippen molar-refractivity contribution in [1.29, 1.82) is 0 Å². The third kappa shape index (κ3) is 16.7. The van der Waals surface area contributed by atoms with Crippen LogP contribution in [0.4, 0.5) is 0 Å². The summed E-state index contributed by atoms with van der Waals surface area (Å²) in [4.78, 5) is 10.3. The first-order chi connectivity index (χ1) is 9.77. The third-order valence-electron chi connectivity index (χ3n) is 3.01. The van der Waals surface area contributed by atoms with Crippen molar-refractivity contribution in [2.24, 2.45) is 0 Å². The molecule has 0 aromatic carbocycles. The number of aliphatic carboxylic acids is 1. The number of unbranched alkanes of at least 4 members (excludes halogenated alkanes) is 5. The van der Waals surface area contributed by atoms with Crippen LogP contribution in [-0.4, -0.2) is 11.1 Å². The maximum absolute atomic E-state index is 10.3. The predicted octanol–water partition coefficient (Wildman–Crippen LogP) is 5.66. The zero-order valence-electron chi connectivity index (χ0n) is 12.9. The van der Waals surface area contributed by atoms with E-state index in [2.05, 4.69) is 31.2 Å². The van der Waals surface area contributed by atoms with Crippen LogP contribution in [0.1, 0.15) is 71.1 Å². The highest BCUT2D eigenvalue weighted by atomic mass is 16.4. The first-order valence-electron chi connectivity index (χ1n) is 7.94. The second-order valence-electron chi connectivity index (χ2n) is 5.01. The van der Waals surface area contributed by atoms with Crippen molar-refractivity contribution >= 4 is 5.97 Å². The molecule has 0 heterocycles. The molecule has 0 aliphatic rings. The molecule has 0 aliphatic heterocycles. The molecule has 2 nitrogen and oxygen atoms in total. The van der Waals surface area contributed by atoms with Crippen molar-refractivity contribution in [3.63, 3.8) is 0 Å². The molecular formula is C18H30O2. The summed E-state index contributed by atoms with van der Waals surface area (Å²) in [5.74, 6) is -0.728. The minimum absolute atomic E-state index is 0.228. The summed E-state index contributed by atoms with van der Waals surface area (Å²) in [6.07, 6.45) is 23.4. The van der Waals surface area contributed by atoms with Crippen LogP contribution in [-0.2, 0) is 4.79 Å². The fourth-order valence-electron chi connectivity index (χ4n) is 1.80. The van der Waals surface area contributed by atoms with Gasteiger partial charge < -0.3 is 5.11 Å². The lowest BCUT2D eigenvalue weighted by Crippen LogP contribution is -1.91. The summed E-state index contributed by atoms with van der Waals surface area (Å²) in [7, 11) is 0. The quantitative estimate of drug-likeness (QED) is 0.348. The highest BCUT2D eigenvalue weighted by Gasteiger charge is 1.90. The normalized spacial score (nSPS) is 12.1. The summed E-state index contributed by atoms with van der Waals surface area (Å²) in [5.41, 5.74) is 0. The Morgan fingerprint density at radius 3 is 1.85 bits per heavy atom. The van der Waals surface area contributed by atoms with Gasteiger partial charge in [-0.25, -0.2) is 0 Å². The van der Waals surface area contributed by atoms with Crippen molar-refractivity contribution in [2.75, 3.05) is 0 Å². The van der Waals surface area contributed by atoms with Crippen molar-refractivity contribution < 1.29 is 9.90 Å². The average molecular weight is 278 g/mol. The van der Waals surface area contributed by atoms with Gasteiger partial charge in [0.1, 0.15) is 0 Å². The first-order valence-corrected chi connectivity index (χ1v) is 7.94. The number of carboxylic acids is 1. The number of allylic oxidation sites excluding steroid dienone is 6. The minimum Gasteiger partial charge on any atom is -0.481 e. The van der Waals surface area contributed by atoms with Crippen molar-refractivity contribution in [2.45, 2.75) is 71.1 Å². The van der Waals surface area contributed by atoms with Gasteiger partial charge in [0.15, 0.2) is 0 Å². The third-order valence-corrected chi connectivity index (χ3v) is 3.01. The number of rotatable bonds is 13. The molecule has 0 unspecified atom stereocenters. The molecule has 0 fully saturated rings. The highest BCUT2D eigenvalue weighted by molar-refractivity contribution is 5.66. The molecule has 0 spiro atoms. The second kappa shape index (κ2) is 15.7. The summed E-state index contributed by atoms with van der Waals surface area (Å²) >= 11 is 0. The molecule has 0 aromatic rings. The molecule has 2 heteroatoms. The van der Waals surface area contributed by atoms with Crippen LogP contribution >= 0.6 is 0 Å². The smallest absolute Gasteiger partial charge is 0.303 e. The number of carbonyl (C=O) groups is 1. The van der Waals surface area contributed by atoms with Gasteiger partial charge in [-0.3, -0.25) is 4.79 Å². The number of hydrogen-bond donors (Lipinski definition) is 1. The zero-order valence-corrected chi connectivity index (χ0v) is 12.9. The Balaban J connectivity index is 3.27. The van der Waals surface area contributed by atoms with E-state index in [1.165, 1.54) is 38.5 Å².